The molecule has 2 aromatic heterocycles. The molecule has 172 valence electrons. The van der Waals surface area contributed by atoms with E-state index in [0.29, 0.717) is 11.1 Å². The molecule has 0 saturated heterocycles. The summed E-state index contributed by atoms with van der Waals surface area (Å²) >= 11 is 0. The van der Waals surface area contributed by atoms with E-state index >= 15 is 0 Å². The van der Waals surface area contributed by atoms with Gasteiger partial charge in [-0.1, -0.05) is 30.3 Å². The van der Waals surface area contributed by atoms with E-state index < -0.39 is 29.3 Å². The number of benzene rings is 2. The summed E-state index contributed by atoms with van der Waals surface area (Å²) in [4.78, 5) is 21.4. The van der Waals surface area contributed by atoms with E-state index in [4.69, 9.17) is 0 Å². The number of carbonyl (C=O) groups is 1. The third-order valence-corrected chi connectivity index (χ3v) is 5.00. The van der Waals surface area contributed by atoms with Crippen molar-refractivity contribution < 1.29 is 31.1 Å². The van der Waals surface area contributed by atoms with Crippen LogP contribution in [-0.2, 0) is 12.4 Å². The van der Waals surface area contributed by atoms with Crippen LogP contribution in [0.3, 0.4) is 0 Å². The number of pyridine rings is 2. The largest absolute Gasteiger partial charge is 0.416 e. The Morgan fingerprint density at radius 3 is 1.50 bits per heavy atom. The average molecular weight is 472 g/mol. The zero-order valence-corrected chi connectivity index (χ0v) is 17.2. The summed E-state index contributed by atoms with van der Waals surface area (Å²) in [5.74, 6) is -0.468. The molecule has 0 aliphatic rings. The molecule has 0 unspecified atom stereocenters. The van der Waals surface area contributed by atoms with Crippen LogP contribution in [0.15, 0.2) is 85.1 Å². The molecule has 34 heavy (non-hydrogen) atoms. The second-order valence-corrected chi connectivity index (χ2v) is 7.32. The molecule has 2 aromatic carbocycles. The van der Waals surface area contributed by atoms with Crippen LogP contribution in [0.1, 0.15) is 27.2 Å². The molecule has 2 heterocycles. The lowest BCUT2D eigenvalue weighted by atomic mass is 10.00. The van der Waals surface area contributed by atoms with Crippen LogP contribution in [0.5, 0.6) is 0 Å². The standard InChI is InChI=1S/C25H14F6N2O/c26-24(27,28)18-8-4-15(5-9-18)21-13-17(23(34)20-3-1-2-12-32-20)14-22(33-21)16-6-10-19(11-7-16)25(29,30)31/h1-14H. The Bertz CT molecular complexity index is 1240. The number of rotatable bonds is 4. The lowest BCUT2D eigenvalue weighted by molar-refractivity contribution is -0.138. The number of alkyl halides is 6. The van der Waals surface area contributed by atoms with Gasteiger partial charge in [-0.2, -0.15) is 26.3 Å². The molecule has 0 amide bonds. The van der Waals surface area contributed by atoms with Crippen LogP contribution in [0.4, 0.5) is 26.3 Å². The highest BCUT2D eigenvalue weighted by Crippen LogP contribution is 2.33. The minimum absolute atomic E-state index is 0.130. The molecule has 9 heteroatoms. The molecule has 0 fully saturated rings. The molecule has 0 spiro atoms. The minimum Gasteiger partial charge on any atom is -0.287 e. The smallest absolute Gasteiger partial charge is 0.287 e. The van der Waals surface area contributed by atoms with E-state index in [1.807, 2.05) is 0 Å². The molecular formula is C25H14F6N2O. The normalized spacial score (nSPS) is 11.9. The SMILES string of the molecule is O=C(c1cc(-c2ccc(C(F)(F)F)cc2)nc(-c2ccc(C(F)(F)F)cc2)c1)c1ccccn1. The van der Waals surface area contributed by atoms with E-state index in [1.165, 1.54) is 48.7 Å². The quantitative estimate of drug-likeness (QED) is 0.236. The zero-order chi connectivity index (χ0) is 24.5. The topological polar surface area (TPSA) is 42.9 Å². The molecule has 0 saturated carbocycles. The van der Waals surface area contributed by atoms with Crippen LogP contribution in [0.25, 0.3) is 22.5 Å². The van der Waals surface area contributed by atoms with Crippen molar-refractivity contribution in [1.29, 1.82) is 0 Å². The molecule has 4 rings (SSSR count). The third kappa shape index (κ3) is 4.98. The van der Waals surface area contributed by atoms with Gasteiger partial charge in [-0.05, 0) is 48.5 Å². The molecule has 3 nitrogen and oxygen atoms in total. The Morgan fingerprint density at radius 2 is 1.12 bits per heavy atom. The van der Waals surface area contributed by atoms with Crippen molar-refractivity contribution in [3.05, 3.63) is 107 Å². The van der Waals surface area contributed by atoms with Gasteiger partial charge in [0.2, 0.25) is 5.78 Å². The van der Waals surface area contributed by atoms with E-state index in [0.717, 1.165) is 24.3 Å². The molecule has 0 aliphatic carbocycles. The predicted octanol–water partition coefficient (Wildman–Crippen LogP) is 7.08. The first-order chi connectivity index (χ1) is 16.0. The molecular weight excluding hydrogens is 458 g/mol. The zero-order valence-electron chi connectivity index (χ0n) is 17.2. The monoisotopic (exact) mass is 472 g/mol. The first-order valence-corrected chi connectivity index (χ1v) is 9.85. The van der Waals surface area contributed by atoms with E-state index in [9.17, 15) is 31.1 Å². The van der Waals surface area contributed by atoms with Gasteiger partial charge in [-0.25, -0.2) is 4.98 Å². The van der Waals surface area contributed by atoms with Crippen molar-refractivity contribution in [1.82, 2.24) is 9.97 Å². The number of carbonyl (C=O) groups excluding carboxylic acids is 1. The van der Waals surface area contributed by atoms with Crippen LogP contribution in [0, 0.1) is 0 Å². The summed E-state index contributed by atoms with van der Waals surface area (Å²) in [7, 11) is 0. The van der Waals surface area contributed by atoms with Crippen LogP contribution in [-0.4, -0.2) is 15.8 Å². The van der Waals surface area contributed by atoms with E-state index in [2.05, 4.69) is 9.97 Å². The van der Waals surface area contributed by atoms with E-state index in [-0.39, 0.29) is 22.6 Å². The maximum Gasteiger partial charge on any atom is 0.416 e. The fourth-order valence-electron chi connectivity index (χ4n) is 3.26. The van der Waals surface area contributed by atoms with Crippen molar-refractivity contribution in [2.75, 3.05) is 0 Å². The Balaban J connectivity index is 1.82. The van der Waals surface area contributed by atoms with Crippen LogP contribution >= 0.6 is 0 Å². The molecule has 0 bridgehead atoms. The third-order valence-electron chi connectivity index (χ3n) is 5.00. The molecule has 0 aliphatic heterocycles. The second-order valence-electron chi connectivity index (χ2n) is 7.32. The van der Waals surface area contributed by atoms with Gasteiger partial charge in [0.25, 0.3) is 0 Å². The Labute approximate surface area is 189 Å². The lowest BCUT2D eigenvalue weighted by Crippen LogP contribution is -2.06. The Hall–Kier alpha value is -4.01. The van der Waals surface area contributed by atoms with Gasteiger partial charge in [-0.3, -0.25) is 9.78 Å². The van der Waals surface area contributed by atoms with E-state index in [1.54, 1.807) is 12.1 Å². The molecule has 4 aromatic rings. The number of hydrogen-bond acceptors (Lipinski definition) is 3. The second kappa shape index (κ2) is 8.74. The molecule has 0 N–H and O–H groups in total. The maximum atomic E-state index is 13.0. The highest BCUT2D eigenvalue weighted by molar-refractivity contribution is 6.08. The van der Waals surface area contributed by atoms with Crippen molar-refractivity contribution in [2.24, 2.45) is 0 Å². The maximum absolute atomic E-state index is 13.0. The lowest BCUT2D eigenvalue weighted by Gasteiger charge is -2.12. The van der Waals surface area contributed by atoms with Gasteiger partial charge in [-0.15, -0.1) is 0 Å². The predicted molar refractivity (Wildman–Crippen MR) is 113 cm³/mol. The molecule has 0 radical (unpaired) electrons. The highest BCUT2D eigenvalue weighted by Gasteiger charge is 2.31. The van der Waals surface area contributed by atoms with Gasteiger partial charge in [0.05, 0.1) is 22.5 Å². The first kappa shape index (κ1) is 23.2. The fourth-order valence-corrected chi connectivity index (χ4v) is 3.26. The van der Waals surface area contributed by atoms with Crippen molar-refractivity contribution >= 4 is 5.78 Å². The van der Waals surface area contributed by atoms with Crippen LogP contribution < -0.4 is 0 Å². The summed E-state index contributed by atoms with van der Waals surface area (Å²) in [5.41, 5.74) is -0.451. The number of aromatic nitrogens is 2. The Kier molecular flexibility index (Phi) is 5.95. The van der Waals surface area contributed by atoms with Gasteiger partial charge in [0.15, 0.2) is 0 Å². The summed E-state index contributed by atoms with van der Waals surface area (Å²) in [6.45, 7) is 0. The summed E-state index contributed by atoms with van der Waals surface area (Å²) in [6, 6.07) is 16.0. The van der Waals surface area contributed by atoms with Crippen molar-refractivity contribution in [3.63, 3.8) is 0 Å². The van der Waals surface area contributed by atoms with Gasteiger partial charge in [0, 0.05) is 22.9 Å². The first-order valence-electron chi connectivity index (χ1n) is 9.85. The number of ketones is 1. The minimum atomic E-state index is -4.52. The number of halogens is 6. The van der Waals surface area contributed by atoms with Crippen molar-refractivity contribution in [2.45, 2.75) is 12.4 Å². The van der Waals surface area contributed by atoms with Crippen molar-refractivity contribution in [3.8, 4) is 22.5 Å². The highest BCUT2D eigenvalue weighted by atomic mass is 19.4. The Morgan fingerprint density at radius 1 is 0.647 bits per heavy atom. The van der Waals surface area contributed by atoms with Crippen LogP contribution in [0.2, 0.25) is 0 Å². The number of hydrogen-bond donors (Lipinski definition) is 0. The summed E-state index contributed by atoms with van der Waals surface area (Å²) in [5, 5.41) is 0. The molecule has 0 atom stereocenters. The number of nitrogens with zero attached hydrogens (tertiary/aromatic N) is 2. The average Bonchev–Trinajstić information content (AvgIpc) is 2.83. The summed E-state index contributed by atoms with van der Waals surface area (Å²) in [6.07, 6.45) is -7.61. The van der Waals surface area contributed by atoms with Gasteiger partial charge in [0.1, 0.15) is 5.69 Å². The fraction of sp³-hybridized carbons (Fsp3) is 0.0800. The van der Waals surface area contributed by atoms with Gasteiger partial charge >= 0.3 is 12.4 Å². The van der Waals surface area contributed by atoms with Gasteiger partial charge < -0.3 is 0 Å². The summed E-state index contributed by atoms with van der Waals surface area (Å²) < 4.78 is 77.6.